The molecule has 0 N–H and O–H groups in total. The first-order valence-corrected chi connectivity index (χ1v) is 7.39. The third kappa shape index (κ3) is 2.90. The highest BCUT2D eigenvalue weighted by Crippen LogP contribution is 2.17. The Balaban J connectivity index is 1.93. The minimum Gasteiger partial charge on any atom is -0.491 e. The van der Waals surface area contributed by atoms with E-state index in [1.165, 1.54) is 4.57 Å². The Bertz CT molecular complexity index is 969. The predicted molar refractivity (Wildman–Crippen MR) is 88.2 cm³/mol. The number of aryl methyl sites for hydroxylation is 2. The molecule has 0 aliphatic carbocycles. The van der Waals surface area contributed by atoms with Crippen molar-refractivity contribution in [3.05, 3.63) is 74.6 Å². The molecule has 1 heterocycles. The molecule has 0 radical (unpaired) electrons. The van der Waals surface area contributed by atoms with Crippen LogP contribution in [0.1, 0.15) is 11.1 Å². The van der Waals surface area contributed by atoms with Crippen LogP contribution >= 0.6 is 0 Å². The number of hydrogen-bond donors (Lipinski definition) is 0. The lowest BCUT2D eigenvalue weighted by molar-refractivity contribution is 0.285. The fraction of sp³-hybridized carbons (Fsp3) is 0.222. The number of hydrogen-bond acceptors (Lipinski definition) is 4. The van der Waals surface area contributed by atoms with Gasteiger partial charge >= 0.3 is 11.4 Å². The summed E-state index contributed by atoms with van der Waals surface area (Å²) in [6, 6.07) is 13.0. The maximum absolute atomic E-state index is 12.1. The van der Waals surface area contributed by atoms with Crippen LogP contribution in [0.5, 0.6) is 5.75 Å². The molecule has 0 amide bonds. The summed E-state index contributed by atoms with van der Waals surface area (Å²) in [7, 11) is 0. The Morgan fingerprint density at radius 1 is 1.00 bits per heavy atom. The maximum Gasteiger partial charge on any atom is 0.422 e. The quantitative estimate of drug-likeness (QED) is 0.743. The smallest absolute Gasteiger partial charge is 0.422 e. The van der Waals surface area contributed by atoms with Crippen molar-refractivity contribution < 1.29 is 9.15 Å². The van der Waals surface area contributed by atoms with Crippen molar-refractivity contribution >= 4 is 10.9 Å². The first-order chi connectivity index (χ1) is 11.1. The van der Waals surface area contributed by atoms with E-state index in [1.54, 1.807) is 12.1 Å². The van der Waals surface area contributed by atoms with Gasteiger partial charge in [-0.15, -0.1) is 0 Å². The summed E-state index contributed by atoms with van der Waals surface area (Å²) in [5, 5.41) is 0.403. The second kappa shape index (κ2) is 6.12. The first kappa shape index (κ1) is 15.1. The third-order valence-electron chi connectivity index (χ3n) is 3.79. The van der Waals surface area contributed by atoms with Crippen LogP contribution in [-0.2, 0) is 6.54 Å². The van der Waals surface area contributed by atoms with Gasteiger partial charge in [-0.3, -0.25) is 4.57 Å². The molecule has 0 fully saturated rings. The predicted octanol–water partition coefficient (Wildman–Crippen LogP) is 2.65. The summed E-state index contributed by atoms with van der Waals surface area (Å²) in [5.74, 6) is 0.115. The third-order valence-corrected chi connectivity index (χ3v) is 3.79. The zero-order valence-electron chi connectivity index (χ0n) is 13.0. The van der Waals surface area contributed by atoms with Gasteiger partial charge in [-0.2, -0.15) is 0 Å². The molecule has 5 heteroatoms. The van der Waals surface area contributed by atoms with E-state index >= 15 is 0 Å². The monoisotopic (exact) mass is 311 g/mol. The van der Waals surface area contributed by atoms with E-state index in [4.69, 9.17) is 9.15 Å². The molecule has 1 aromatic heterocycles. The fourth-order valence-corrected chi connectivity index (χ4v) is 2.63. The van der Waals surface area contributed by atoms with Crippen LogP contribution in [-0.4, -0.2) is 11.2 Å². The molecule has 0 saturated carbocycles. The summed E-state index contributed by atoms with van der Waals surface area (Å²) >= 11 is 0. The van der Waals surface area contributed by atoms with Crippen molar-refractivity contribution in [2.45, 2.75) is 20.4 Å². The summed E-state index contributed by atoms with van der Waals surface area (Å²) in [6.07, 6.45) is 0. The van der Waals surface area contributed by atoms with Crippen molar-refractivity contribution in [2.24, 2.45) is 0 Å². The van der Waals surface area contributed by atoms with E-state index in [2.05, 4.69) is 0 Å². The van der Waals surface area contributed by atoms with Gasteiger partial charge in [0, 0.05) is 0 Å². The average molecular weight is 311 g/mol. The highest BCUT2D eigenvalue weighted by molar-refractivity contribution is 5.80. The summed E-state index contributed by atoms with van der Waals surface area (Å²) < 4.78 is 12.0. The minimum atomic E-state index is -0.662. The number of aromatic nitrogens is 1. The molecule has 0 bridgehead atoms. The molecule has 5 nitrogen and oxygen atoms in total. The van der Waals surface area contributed by atoms with Gasteiger partial charge < -0.3 is 9.15 Å². The Morgan fingerprint density at radius 3 is 2.52 bits per heavy atom. The van der Waals surface area contributed by atoms with Crippen molar-refractivity contribution in [1.29, 1.82) is 0 Å². The fourth-order valence-electron chi connectivity index (χ4n) is 2.63. The van der Waals surface area contributed by atoms with Gasteiger partial charge in [-0.05, 0) is 37.1 Å². The molecule has 0 aliphatic rings. The summed E-state index contributed by atoms with van der Waals surface area (Å²) in [4.78, 5) is 23.9. The molecule has 2 aromatic carbocycles. The number of para-hydroxylation sites is 2. The van der Waals surface area contributed by atoms with Crippen LogP contribution in [0.3, 0.4) is 0 Å². The standard InChI is InChI=1S/C18H17NO4/c1-12-6-3-4-9-15(12)22-11-10-19-16-13(2)7-5-8-14(16)17(20)23-18(19)21/h3-9H,10-11H2,1-2H3. The van der Waals surface area contributed by atoms with Gasteiger partial charge in [-0.1, -0.05) is 30.3 Å². The van der Waals surface area contributed by atoms with Crippen LogP contribution in [0.25, 0.3) is 10.9 Å². The highest BCUT2D eigenvalue weighted by Gasteiger charge is 2.11. The molecular weight excluding hydrogens is 294 g/mol. The van der Waals surface area contributed by atoms with E-state index in [1.807, 2.05) is 44.2 Å². The van der Waals surface area contributed by atoms with Gasteiger partial charge in [0.25, 0.3) is 0 Å². The number of nitrogens with zero attached hydrogens (tertiary/aromatic N) is 1. The van der Waals surface area contributed by atoms with Crippen molar-refractivity contribution in [1.82, 2.24) is 4.57 Å². The molecule has 0 unspecified atom stereocenters. The van der Waals surface area contributed by atoms with Crippen LogP contribution in [0, 0.1) is 13.8 Å². The Labute approximate surface area is 132 Å². The normalized spacial score (nSPS) is 10.9. The second-order valence-electron chi connectivity index (χ2n) is 5.39. The van der Waals surface area contributed by atoms with Crippen molar-refractivity contribution in [2.75, 3.05) is 6.61 Å². The topological polar surface area (TPSA) is 61.4 Å². The van der Waals surface area contributed by atoms with Crippen LogP contribution in [0.15, 0.2) is 56.5 Å². The maximum atomic E-state index is 12.1. The lowest BCUT2D eigenvalue weighted by Gasteiger charge is -2.12. The Hall–Kier alpha value is -2.82. The van der Waals surface area contributed by atoms with E-state index in [0.29, 0.717) is 24.1 Å². The van der Waals surface area contributed by atoms with Gasteiger partial charge in [0.05, 0.1) is 17.4 Å². The molecule has 0 aliphatic heterocycles. The Kier molecular flexibility index (Phi) is 4.02. The SMILES string of the molecule is Cc1ccccc1OCCn1c(=O)oc(=O)c2cccc(C)c21. The lowest BCUT2D eigenvalue weighted by atomic mass is 10.1. The zero-order chi connectivity index (χ0) is 16.4. The molecular formula is C18H17NO4. The molecule has 0 atom stereocenters. The first-order valence-electron chi connectivity index (χ1n) is 7.39. The van der Waals surface area contributed by atoms with E-state index < -0.39 is 11.4 Å². The van der Waals surface area contributed by atoms with Gasteiger partial charge in [0.1, 0.15) is 12.4 Å². The lowest BCUT2D eigenvalue weighted by Crippen LogP contribution is -2.27. The Morgan fingerprint density at radius 2 is 1.74 bits per heavy atom. The highest BCUT2D eigenvalue weighted by atomic mass is 16.5. The molecule has 0 saturated heterocycles. The van der Waals surface area contributed by atoms with Gasteiger partial charge in [-0.25, -0.2) is 9.59 Å². The molecule has 3 aromatic rings. The average Bonchev–Trinajstić information content (AvgIpc) is 2.52. The largest absolute Gasteiger partial charge is 0.491 e. The van der Waals surface area contributed by atoms with E-state index in [0.717, 1.165) is 16.9 Å². The molecule has 23 heavy (non-hydrogen) atoms. The second-order valence-corrected chi connectivity index (χ2v) is 5.39. The van der Waals surface area contributed by atoms with Crippen LogP contribution < -0.4 is 16.1 Å². The van der Waals surface area contributed by atoms with Crippen molar-refractivity contribution in [3.8, 4) is 5.75 Å². The molecule has 0 spiro atoms. The number of fused-ring (bicyclic) bond motifs is 1. The number of benzene rings is 2. The minimum absolute atomic E-state index is 0.304. The van der Waals surface area contributed by atoms with Crippen LogP contribution in [0.2, 0.25) is 0 Å². The van der Waals surface area contributed by atoms with Crippen molar-refractivity contribution in [3.63, 3.8) is 0 Å². The van der Waals surface area contributed by atoms with Gasteiger partial charge in [0.2, 0.25) is 0 Å². The van der Waals surface area contributed by atoms with Crippen LogP contribution in [0.4, 0.5) is 0 Å². The molecule has 3 rings (SSSR count). The number of rotatable bonds is 4. The summed E-state index contributed by atoms with van der Waals surface area (Å²) in [6.45, 7) is 4.43. The van der Waals surface area contributed by atoms with E-state index in [9.17, 15) is 9.59 Å². The zero-order valence-corrected chi connectivity index (χ0v) is 13.0. The van der Waals surface area contributed by atoms with Gasteiger partial charge in [0.15, 0.2) is 0 Å². The molecule has 118 valence electrons. The number of ether oxygens (including phenoxy) is 1. The summed E-state index contributed by atoms with van der Waals surface area (Å²) in [5.41, 5.74) is 1.87. The van der Waals surface area contributed by atoms with E-state index in [-0.39, 0.29) is 0 Å².